The van der Waals surface area contributed by atoms with Crippen molar-refractivity contribution in [3.63, 3.8) is 0 Å². The van der Waals surface area contributed by atoms with Crippen LogP contribution in [0.25, 0.3) is 0 Å². The SMILES string of the molecule is COC(=O)c1c(C#N)cc([N+](=O)[O-])cc1OC(F)(F)F. The van der Waals surface area contributed by atoms with E-state index in [9.17, 15) is 28.1 Å². The van der Waals surface area contributed by atoms with Crippen molar-refractivity contribution in [1.82, 2.24) is 0 Å². The molecule has 0 N–H and O–H groups in total. The molecule has 0 atom stereocenters. The summed E-state index contributed by atoms with van der Waals surface area (Å²) in [6, 6.07) is 2.42. The van der Waals surface area contributed by atoms with E-state index in [1.807, 2.05) is 0 Å². The second-order valence-electron chi connectivity index (χ2n) is 3.27. The molecule has 0 unspecified atom stereocenters. The number of ether oxygens (including phenoxy) is 2. The highest BCUT2D eigenvalue weighted by Gasteiger charge is 2.35. The van der Waals surface area contributed by atoms with E-state index < -0.39 is 39.8 Å². The third-order valence-corrected chi connectivity index (χ3v) is 2.03. The van der Waals surface area contributed by atoms with Crippen LogP contribution in [0.15, 0.2) is 12.1 Å². The minimum Gasteiger partial charge on any atom is -0.465 e. The fourth-order valence-corrected chi connectivity index (χ4v) is 1.31. The van der Waals surface area contributed by atoms with Gasteiger partial charge in [-0.2, -0.15) is 5.26 Å². The predicted octanol–water partition coefficient (Wildman–Crippen LogP) is 2.15. The van der Waals surface area contributed by atoms with Gasteiger partial charge in [-0.3, -0.25) is 10.1 Å². The fourth-order valence-electron chi connectivity index (χ4n) is 1.31. The zero-order chi connectivity index (χ0) is 15.5. The number of methoxy groups -OCH3 is 1. The summed E-state index contributed by atoms with van der Waals surface area (Å²) in [7, 11) is 0.877. The molecule has 0 heterocycles. The molecule has 1 aromatic carbocycles. The van der Waals surface area contributed by atoms with Gasteiger partial charge in [-0.1, -0.05) is 0 Å². The van der Waals surface area contributed by atoms with E-state index in [1.54, 1.807) is 0 Å². The first kappa shape index (κ1) is 15.2. The van der Waals surface area contributed by atoms with Crippen molar-refractivity contribution in [2.45, 2.75) is 6.36 Å². The van der Waals surface area contributed by atoms with Crippen LogP contribution in [-0.4, -0.2) is 24.4 Å². The summed E-state index contributed by atoms with van der Waals surface area (Å²) in [5.41, 5.74) is -2.32. The molecule has 0 radical (unpaired) electrons. The molecule has 0 fully saturated rings. The summed E-state index contributed by atoms with van der Waals surface area (Å²) in [5, 5.41) is 19.4. The third kappa shape index (κ3) is 3.35. The molecule has 0 aliphatic rings. The molecule has 1 rings (SSSR count). The number of hydrogen-bond acceptors (Lipinski definition) is 6. The van der Waals surface area contributed by atoms with Crippen molar-refractivity contribution >= 4 is 11.7 Å². The predicted molar refractivity (Wildman–Crippen MR) is 55.8 cm³/mol. The van der Waals surface area contributed by atoms with E-state index in [1.165, 1.54) is 6.07 Å². The lowest BCUT2D eigenvalue weighted by atomic mass is 10.1. The first-order chi connectivity index (χ1) is 9.19. The molecule has 0 saturated carbocycles. The van der Waals surface area contributed by atoms with Gasteiger partial charge in [-0.15, -0.1) is 13.2 Å². The molecule has 0 aliphatic carbocycles. The van der Waals surface area contributed by atoms with Crippen LogP contribution in [0.5, 0.6) is 5.75 Å². The monoisotopic (exact) mass is 290 g/mol. The average Bonchev–Trinajstić information content (AvgIpc) is 2.34. The second kappa shape index (κ2) is 5.43. The maximum absolute atomic E-state index is 12.2. The van der Waals surface area contributed by atoms with Crippen molar-refractivity contribution in [2.24, 2.45) is 0 Å². The van der Waals surface area contributed by atoms with E-state index in [-0.39, 0.29) is 0 Å². The molecule has 0 bridgehead atoms. The highest BCUT2D eigenvalue weighted by Crippen LogP contribution is 2.33. The van der Waals surface area contributed by atoms with Crippen LogP contribution in [-0.2, 0) is 4.74 Å². The summed E-state index contributed by atoms with van der Waals surface area (Å²) >= 11 is 0. The number of esters is 1. The summed E-state index contributed by atoms with van der Waals surface area (Å²) in [6.45, 7) is 0. The Morgan fingerprint density at radius 1 is 1.45 bits per heavy atom. The van der Waals surface area contributed by atoms with Crippen LogP contribution < -0.4 is 4.74 Å². The molecular formula is C10H5F3N2O5. The maximum atomic E-state index is 12.2. The van der Waals surface area contributed by atoms with Crippen LogP contribution in [0.3, 0.4) is 0 Å². The van der Waals surface area contributed by atoms with E-state index >= 15 is 0 Å². The average molecular weight is 290 g/mol. The Kier molecular flexibility index (Phi) is 4.14. The first-order valence-electron chi connectivity index (χ1n) is 4.76. The lowest BCUT2D eigenvalue weighted by Gasteiger charge is -2.12. The van der Waals surface area contributed by atoms with E-state index in [0.717, 1.165) is 7.11 Å². The van der Waals surface area contributed by atoms with Gasteiger partial charge in [0.2, 0.25) is 0 Å². The number of nitrogens with zero attached hydrogens (tertiary/aromatic N) is 2. The van der Waals surface area contributed by atoms with Crippen molar-refractivity contribution < 1.29 is 32.4 Å². The lowest BCUT2D eigenvalue weighted by Crippen LogP contribution is -2.20. The number of carbonyl (C=O) groups excluding carboxylic acids is 1. The smallest absolute Gasteiger partial charge is 0.465 e. The standard InChI is InChI=1S/C10H5F3N2O5/c1-19-9(16)8-5(4-14)2-6(15(17)18)3-7(8)20-10(11,12)13/h2-3H,1H3. The van der Waals surface area contributed by atoms with Crippen molar-refractivity contribution in [1.29, 1.82) is 5.26 Å². The molecule has 0 spiro atoms. The number of non-ortho nitro benzene ring substituents is 1. The topological polar surface area (TPSA) is 102 Å². The molecule has 20 heavy (non-hydrogen) atoms. The summed E-state index contributed by atoms with van der Waals surface area (Å²) in [5.74, 6) is -2.45. The van der Waals surface area contributed by atoms with Gasteiger partial charge in [0.15, 0.2) is 5.75 Å². The van der Waals surface area contributed by atoms with Crippen LogP contribution in [0, 0.1) is 21.4 Å². The van der Waals surface area contributed by atoms with Gasteiger partial charge in [-0.05, 0) is 0 Å². The Labute approximate surface area is 109 Å². The van der Waals surface area contributed by atoms with Gasteiger partial charge in [0, 0.05) is 6.07 Å². The molecule has 10 heteroatoms. The van der Waals surface area contributed by atoms with Gasteiger partial charge < -0.3 is 9.47 Å². The number of nitro benzene ring substituents is 1. The van der Waals surface area contributed by atoms with E-state index in [2.05, 4.69) is 9.47 Å². The molecule has 0 aliphatic heterocycles. The summed E-state index contributed by atoms with van der Waals surface area (Å²) < 4.78 is 44.5. The maximum Gasteiger partial charge on any atom is 0.573 e. The van der Waals surface area contributed by atoms with Gasteiger partial charge in [0.05, 0.1) is 23.7 Å². The van der Waals surface area contributed by atoms with Gasteiger partial charge in [0.1, 0.15) is 11.6 Å². The van der Waals surface area contributed by atoms with Gasteiger partial charge in [0.25, 0.3) is 5.69 Å². The minimum atomic E-state index is -5.19. The highest BCUT2D eigenvalue weighted by atomic mass is 19.4. The number of carbonyl (C=O) groups is 1. The Balaban J connectivity index is 3.57. The molecule has 106 valence electrons. The molecule has 0 amide bonds. The number of benzene rings is 1. The molecule has 0 saturated heterocycles. The van der Waals surface area contributed by atoms with Crippen LogP contribution in [0.1, 0.15) is 15.9 Å². The Bertz CT molecular complexity index is 606. The molecule has 0 aromatic heterocycles. The third-order valence-electron chi connectivity index (χ3n) is 2.03. The Morgan fingerprint density at radius 3 is 2.45 bits per heavy atom. The number of halogens is 3. The zero-order valence-electron chi connectivity index (χ0n) is 9.72. The van der Waals surface area contributed by atoms with Crippen LogP contribution in [0.2, 0.25) is 0 Å². The minimum absolute atomic E-state index is 0.389. The van der Waals surface area contributed by atoms with Gasteiger partial charge >= 0.3 is 12.3 Å². The molecule has 7 nitrogen and oxygen atoms in total. The Morgan fingerprint density at radius 2 is 2.05 bits per heavy atom. The second-order valence-corrected chi connectivity index (χ2v) is 3.27. The molecular weight excluding hydrogens is 285 g/mol. The lowest BCUT2D eigenvalue weighted by molar-refractivity contribution is -0.385. The number of nitro groups is 1. The highest BCUT2D eigenvalue weighted by molar-refractivity contribution is 5.95. The van der Waals surface area contributed by atoms with Crippen LogP contribution in [0.4, 0.5) is 18.9 Å². The first-order valence-corrected chi connectivity index (χ1v) is 4.76. The van der Waals surface area contributed by atoms with E-state index in [4.69, 9.17) is 5.26 Å². The number of alkyl halides is 3. The largest absolute Gasteiger partial charge is 0.573 e. The van der Waals surface area contributed by atoms with Gasteiger partial charge in [-0.25, -0.2) is 4.79 Å². The number of nitriles is 1. The number of hydrogen-bond donors (Lipinski definition) is 0. The zero-order valence-corrected chi connectivity index (χ0v) is 9.72. The van der Waals surface area contributed by atoms with Crippen molar-refractivity contribution in [3.8, 4) is 11.8 Å². The normalized spacial score (nSPS) is 10.6. The molecule has 1 aromatic rings. The summed E-state index contributed by atoms with van der Waals surface area (Å²) in [4.78, 5) is 20.9. The summed E-state index contributed by atoms with van der Waals surface area (Å²) in [6.07, 6.45) is -5.19. The van der Waals surface area contributed by atoms with Crippen LogP contribution >= 0.6 is 0 Å². The number of rotatable bonds is 3. The quantitative estimate of drug-likeness (QED) is 0.480. The van der Waals surface area contributed by atoms with Crippen molar-refractivity contribution in [2.75, 3.05) is 7.11 Å². The van der Waals surface area contributed by atoms with E-state index in [0.29, 0.717) is 12.1 Å². The van der Waals surface area contributed by atoms with Crippen molar-refractivity contribution in [3.05, 3.63) is 33.4 Å². The fraction of sp³-hybridized carbons (Fsp3) is 0.200. The Hall–Kier alpha value is -2.83.